The van der Waals surface area contributed by atoms with Crippen LogP contribution < -0.4 is 0 Å². The highest BCUT2D eigenvalue weighted by molar-refractivity contribution is 7.89. The molecule has 0 saturated heterocycles. The number of pyridine rings is 1. The highest BCUT2D eigenvalue weighted by atomic mass is 32.2. The fraction of sp³-hybridized carbons (Fsp3) is 0.455. The van der Waals surface area contributed by atoms with Gasteiger partial charge in [-0.15, -0.1) is 0 Å². The van der Waals surface area contributed by atoms with E-state index in [1.807, 2.05) is 0 Å². The summed E-state index contributed by atoms with van der Waals surface area (Å²) in [6.45, 7) is 3.02. The highest BCUT2D eigenvalue weighted by Crippen LogP contribution is 2.15. The minimum absolute atomic E-state index is 0.0671. The Morgan fingerprint density at radius 2 is 2.11 bits per heavy atom. The van der Waals surface area contributed by atoms with Crippen molar-refractivity contribution in [1.82, 2.24) is 9.29 Å². The number of nitrogens with zero attached hydrogens (tertiary/aromatic N) is 2. The van der Waals surface area contributed by atoms with Gasteiger partial charge in [-0.2, -0.15) is 4.31 Å². The third-order valence-corrected chi connectivity index (χ3v) is 4.17. The number of carbonyl (C=O) groups excluding carboxylic acids is 1. The van der Waals surface area contributed by atoms with Gasteiger partial charge in [-0.1, -0.05) is 6.92 Å². The summed E-state index contributed by atoms with van der Waals surface area (Å²) in [6.07, 6.45) is 1.94. The van der Waals surface area contributed by atoms with Crippen molar-refractivity contribution >= 4 is 16.0 Å². The number of hydrogen-bond donors (Lipinski definition) is 0. The molecule has 0 atom stereocenters. The van der Waals surface area contributed by atoms with E-state index in [0.717, 1.165) is 22.8 Å². The largest absolute Gasteiger partial charge is 0.465 e. The molecule has 0 spiro atoms. The fourth-order valence-corrected chi connectivity index (χ4v) is 2.77. The molecular weight excluding hydrogens is 275 g/mol. The van der Waals surface area contributed by atoms with Crippen molar-refractivity contribution in [3.8, 4) is 0 Å². The molecule has 0 radical (unpaired) electrons. The number of sulfonamides is 1. The van der Waals surface area contributed by atoms with Crippen LogP contribution in [-0.4, -0.2) is 43.4 Å². The van der Waals surface area contributed by atoms with E-state index in [-0.39, 0.29) is 18.0 Å². The number of aromatic nitrogens is 1. The lowest BCUT2D eigenvalue weighted by molar-refractivity contribution is -0.143. The Kier molecular flexibility index (Phi) is 5.37. The van der Waals surface area contributed by atoms with Gasteiger partial charge >= 0.3 is 5.97 Å². The van der Waals surface area contributed by atoms with E-state index in [1.54, 1.807) is 13.8 Å². The van der Waals surface area contributed by atoms with Crippen molar-refractivity contribution < 1.29 is 22.3 Å². The third-order valence-electron chi connectivity index (χ3n) is 2.28. The van der Waals surface area contributed by atoms with Crippen molar-refractivity contribution in [1.29, 1.82) is 0 Å². The Bertz CT molecular complexity index is 547. The summed E-state index contributed by atoms with van der Waals surface area (Å²) in [4.78, 5) is 14.5. The van der Waals surface area contributed by atoms with Gasteiger partial charge in [-0.05, 0) is 13.0 Å². The molecule has 8 heteroatoms. The molecular formula is C11H15FN2O4S. The lowest BCUT2D eigenvalue weighted by atomic mass is 10.5. The summed E-state index contributed by atoms with van der Waals surface area (Å²) in [6, 6.07) is 0.857. The number of rotatable bonds is 6. The van der Waals surface area contributed by atoms with Crippen molar-refractivity contribution in [2.24, 2.45) is 0 Å². The van der Waals surface area contributed by atoms with E-state index < -0.39 is 28.4 Å². The Hall–Kier alpha value is -1.54. The Labute approximate surface area is 111 Å². The first-order valence-corrected chi connectivity index (χ1v) is 7.12. The van der Waals surface area contributed by atoms with Crippen molar-refractivity contribution in [2.75, 3.05) is 19.7 Å². The van der Waals surface area contributed by atoms with Crippen LogP contribution in [0.25, 0.3) is 0 Å². The molecule has 0 fully saturated rings. The second kappa shape index (κ2) is 6.58. The molecule has 0 bridgehead atoms. The van der Waals surface area contributed by atoms with Gasteiger partial charge in [0, 0.05) is 12.7 Å². The molecule has 1 heterocycles. The topological polar surface area (TPSA) is 76.6 Å². The van der Waals surface area contributed by atoms with Gasteiger partial charge in [-0.25, -0.2) is 12.8 Å². The summed E-state index contributed by atoms with van der Waals surface area (Å²) < 4.78 is 42.9. The van der Waals surface area contributed by atoms with Gasteiger partial charge in [0.2, 0.25) is 10.0 Å². The summed E-state index contributed by atoms with van der Waals surface area (Å²) in [5, 5.41) is 0. The molecule has 106 valence electrons. The Morgan fingerprint density at radius 1 is 1.42 bits per heavy atom. The monoisotopic (exact) mass is 290 g/mol. The van der Waals surface area contributed by atoms with Crippen LogP contribution in [0.3, 0.4) is 0 Å². The maximum Gasteiger partial charge on any atom is 0.321 e. The minimum Gasteiger partial charge on any atom is -0.465 e. The van der Waals surface area contributed by atoms with E-state index in [0.29, 0.717) is 0 Å². The molecule has 6 nitrogen and oxygen atoms in total. The molecule has 1 aromatic rings. The summed E-state index contributed by atoms with van der Waals surface area (Å²) in [5.41, 5.74) is 0. The molecule has 0 amide bonds. The molecule has 0 saturated carbocycles. The second-order valence-electron chi connectivity index (χ2n) is 3.58. The van der Waals surface area contributed by atoms with Crippen LogP contribution in [-0.2, 0) is 19.6 Å². The lowest BCUT2D eigenvalue weighted by Crippen LogP contribution is -2.36. The van der Waals surface area contributed by atoms with Crippen LogP contribution in [0.2, 0.25) is 0 Å². The van der Waals surface area contributed by atoms with Gasteiger partial charge in [0.1, 0.15) is 17.3 Å². The van der Waals surface area contributed by atoms with E-state index in [2.05, 4.69) is 4.98 Å². The summed E-state index contributed by atoms with van der Waals surface area (Å²) >= 11 is 0. The van der Waals surface area contributed by atoms with Gasteiger partial charge in [0.05, 0.1) is 12.8 Å². The number of halogens is 1. The molecule has 0 unspecified atom stereocenters. The molecule has 1 rings (SSSR count). The first-order valence-electron chi connectivity index (χ1n) is 5.68. The third kappa shape index (κ3) is 3.97. The fourth-order valence-electron chi connectivity index (χ4n) is 1.40. The highest BCUT2D eigenvalue weighted by Gasteiger charge is 2.26. The maximum atomic E-state index is 13.0. The average Bonchev–Trinajstić information content (AvgIpc) is 2.36. The van der Waals surface area contributed by atoms with Crippen molar-refractivity contribution in [2.45, 2.75) is 18.7 Å². The predicted octanol–water partition coefficient (Wildman–Crippen LogP) is 0.794. The van der Waals surface area contributed by atoms with Crippen LogP contribution in [0.5, 0.6) is 0 Å². The molecule has 19 heavy (non-hydrogen) atoms. The standard InChI is InChI=1S/C11H15FN2O4S/c1-3-14(8-11(15)18-4-2)19(16,17)10-5-9(12)6-13-7-10/h5-7H,3-4,8H2,1-2H3. The maximum absolute atomic E-state index is 13.0. The van der Waals surface area contributed by atoms with E-state index in [1.165, 1.54) is 0 Å². The average molecular weight is 290 g/mol. The van der Waals surface area contributed by atoms with Crippen LogP contribution in [0.4, 0.5) is 4.39 Å². The van der Waals surface area contributed by atoms with E-state index in [4.69, 9.17) is 4.74 Å². The zero-order chi connectivity index (χ0) is 14.5. The first kappa shape index (κ1) is 15.5. The first-order chi connectivity index (χ1) is 8.91. The molecule has 0 aromatic carbocycles. The quantitative estimate of drug-likeness (QED) is 0.724. The Morgan fingerprint density at radius 3 is 2.63 bits per heavy atom. The molecule has 0 aliphatic rings. The van der Waals surface area contributed by atoms with E-state index >= 15 is 0 Å². The van der Waals surface area contributed by atoms with Gasteiger partial charge in [0.15, 0.2) is 0 Å². The van der Waals surface area contributed by atoms with E-state index in [9.17, 15) is 17.6 Å². The second-order valence-corrected chi connectivity index (χ2v) is 5.51. The predicted molar refractivity (Wildman–Crippen MR) is 65.3 cm³/mol. The summed E-state index contributed by atoms with van der Waals surface area (Å²) in [7, 11) is -3.96. The van der Waals surface area contributed by atoms with Crippen LogP contribution in [0.15, 0.2) is 23.4 Å². The molecule has 0 aliphatic carbocycles. The zero-order valence-corrected chi connectivity index (χ0v) is 11.5. The zero-order valence-electron chi connectivity index (χ0n) is 10.7. The van der Waals surface area contributed by atoms with Gasteiger partial charge in [0.25, 0.3) is 0 Å². The van der Waals surface area contributed by atoms with Crippen molar-refractivity contribution in [3.63, 3.8) is 0 Å². The lowest BCUT2D eigenvalue weighted by Gasteiger charge is -2.19. The molecule has 0 aliphatic heterocycles. The Balaban J connectivity index is 2.99. The minimum atomic E-state index is -3.96. The van der Waals surface area contributed by atoms with Gasteiger partial charge < -0.3 is 4.74 Å². The number of ether oxygens (including phenoxy) is 1. The smallest absolute Gasteiger partial charge is 0.321 e. The van der Waals surface area contributed by atoms with Crippen LogP contribution >= 0.6 is 0 Å². The number of esters is 1. The van der Waals surface area contributed by atoms with Gasteiger partial charge in [-0.3, -0.25) is 9.78 Å². The normalized spacial score (nSPS) is 11.6. The number of likely N-dealkylation sites (N-methyl/N-ethyl adjacent to an activating group) is 1. The number of carbonyl (C=O) groups is 1. The van der Waals surface area contributed by atoms with Crippen LogP contribution in [0.1, 0.15) is 13.8 Å². The molecule has 0 N–H and O–H groups in total. The SMILES string of the molecule is CCOC(=O)CN(CC)S(=O)(=O)c1cncc(F)c1. The summed E-state index contributed by atoms with van der Waals surface area (Å²) in [5.74, 6) is -1.41. The van der Waals surface area contributed by atoms with Crippen LogP contribution in [0, 0.1) is 5.82 Å². The van der Waals surface area contributed by atoms with Crippen molar-refractivity contribution in [3.05, 3.63) is 24.3 Å². The molecule has 1 aromatic heterocycles. The number of hydrogen-bond acceptors (Lipinski definition) is 5.